The molecule has 0 saturated heterocycles. The van der Waals surface area contributed by atoms with Gasteiger partial charge in [-0.3, -0.25) is 0 Å². The van der Waals surface area contributed by atoms with E-state index in [0.717, 1.165) is 35.4 Å². The molecule has 33 heavy (non-hydrogen) atoms. The smallest absolute Gasteiger partial charge is 0.0815 e. The monoisotopic (exact) mass is 439 g/mol. The normalized spacial score (nSPS) is 12.2. The summed E-state index contributed by atoms with van der Waals surface area (Å²) >= 11 is 1.86. The minimum atomic E-state index is 1.01. The van der Waals surface area contributed by atoms with E-state index in [1.54, 1.807) is 0 Å². The molecule has 1 aliphatic rings. The first-order valence-corrected chi connectivity index (χ1v) is 12.0. The molecule has 0 atom stereocenters. The van der Waals surface area contributed by atoms with Gasteiger partial charge in [-0.15, -0.1) is 11.3 Å². The summed E-state index contributed by atoms with van der Waals surface area (Å²) < 4.78 is 0. The maximum atomic E-state index is 5.07. The van der Waals surface area contributed by atoms with E-state index in [4.69, 9.17) is 4.98 Å². The molecule has 2 aromatic heterocycles. The van der Waals surface area contributed by atoms with E-state index in [-0.39, 0.29) is 0 Å². The van der Waals surface area contributed by atoms with Gasteiger partial charge < -0.3 is 0 Å². The summed E-state index contributed by atoms with van der Waals surface area (Å²) in [7, 11) is 0. The molecule has 2 heterocycles. The number of benzene rings is 2. The molecule has 156 valence electrons. The maximum Gasteiger partial charge on any atom is 0.0815 e. The fourth-order valence-corrected chi connectivity index (χ4v) is 5.84. The van der Waals surface area contributed by atoms with Gasteiger partial charge in [-0.1, -0.05) is 91.0 Å². The average Bonchev–Trinajstić information content (AvgIpc) is 3.29. The fraction of sp³-hybridized carbons (Fsp3) is 0.0645. The molecule has 1 aliphatic carbocycles. The van der Waals surface area contributed by atoms with E-state index < -0.39 is 0 Å². The molecule has 2 heteroatoms. The predicted octanol–water partition coefficient (Wildman–Crippen LogP) is 8.37. The van der Waals surface area contributed by atoms with Crippen molar-refractivity contribution in [2.24, 2.45) is 0 Å². The molecule has 0 bridgehead atoms. The van der Waals surface area contributed by atoms with Gasteiger partial charge in [0, 0.05) is 21.6 Å². The van der Waals surface area contributed by atoms with Crippen LogP contribution < -0.4 is 0 Å². The van der Waals surface area contributed by atoms with Gasteiger partial charge in [0.2, 0.25) is 0 Å². The third-order valence-corrected chi connectivity index (χ3v) is 7.36. The Labute approximate surface area is 198 Å². The molecular formula is C31H21NS. The molecule has 0 amide bonds. The molecule has 1 nitrogen and oxygen atoms in total. The second-order valence-electron chi connectivity index (χ2n) is 8.12. The largest absolute Gasteiger partial charge is 0.247 e. The van der Waals surface area contributed by atoms with E-state index in [0.29, 0.717) is 0 Å². The third kappa shape index (κ3) is 3.67. The number of rotatable bonds is 4. The molecular weight excluding hydrogens is 418 g/mol. The summed E-state index contributed by atoms with van der Waals surface area (Å²) in [6.07, 6.45) is 6.70. The van der Waals surface area contributed by atoms with Crippen molar-refractivity contribution < 1.29 is 0 Å². The Bertz CT molecular complexity index is 1450. The molecule has 0 fully saturated rings. The number of thiophene rings is 1. The molecule has 3 aromatic carbocycles. The molecule has 5 aromatic rings. The zero-order valence-corrected chi connectivity index (χ0v) is 18.9. The van der Waals surface area contributed by atoms with Crippen molar-refractivity contribution in [3.8, 4) is 43.4 Å². The topological polar surface area (TPSA) is 12.9 Å². The van der Waals surface area contributed by atoms with Gasteiger partial charge in [0.05, 0.1) is 16.3 Å². The van der Waals surface area contributed by atoms with E-state index >= 15 is 0 Å². The van der Waals surface area contributed by atoms with Crippen molar-refractivity contribution >= 4 is 17.4 Å². The minimum absolute atomic E-state index is 1.01. The van der Waals surface area contributed by atoms with Gasteiger partial charge in [-0.25, -0.2) is 4.98 Å². The second kappa shape index (κ2) is 8.54. The van der Waals surface area contributed by atoms with Crippen molar-refractivity contribution in [1.29, 1.82) is 0 Å². The van der Waals surface area contributed by atoms with E-state index in [9.17, 15) is 0 Å². The van der Waals surface area contributed by atoms with Crippen LogP contribution >= 0.6 is 11.3 Å². The summed E-state index contributed by atoms with van der Waals surface area (Å²) in [6, 6.07) is 37.8. The van der Waals surface area contributed by atoms with Crippen molar-refractivity contribution in [3.05, 3.63) is 120 Å². The summed E-state index contributed by atoms with van der Waals surface area (Å²) in [5.74, 6) is 0. The number of aromatic nitrogens is 1. The molecule has 0 N–H and O–H groups in total. The van der Waals surface area contributed by atoms with Gasteiger partial charge in [0.15, 0.2) is 0 Å². The SMILES string of the molecule is c1cccc(-c2ccccc2-c2sc(-c3cccc(-c4ccccc4)n3)c3c2CCC=C3)c#1. The van der Waals surface area contributed by atoms with E-state index in [2.05, 4.69) is 97.1 Å². The Hall–Kier alpha value is -3.93. The van der Waals surface area contributed by atoms with Crippen LogP contribution in [0, 0.1) is 12.1 Å². The Kier molecular flexibility index (Phi) is 5.11. The summed E-state index contributed by atoms with van der Waals surface area (Å²) in [5, 5.41) is 0. The predicted molar refractivity (Wildman–Crippen MR) is 139 cm³/mol. The van der Waals surface area contributed by atoms with Crippen LogP contribution in [0.25, 0.3) is 49.5 Å². The Morgan fingerprint density at radius 1 is 0.727 bits per heavy atom. The highest BCUT2D eigenvalue weighted by Crippen LogP contribution is 2.47. The third-order valence-electron chi connectivity index (χ3n) is 6.06. The van der Waals surface area contributed by atoms with Gasteiger partial charge in [-0.2, -0.15) is 0 Å². The highest BCUT2D eigenvalue weighted by Gasteiger charge is 2.23. The van der Waals surface area contributed by atoms with Crippen molar-refractivity contribution in [2.75, 3.05) is 0 Å². The summed E-state index contributed by atoms with van der Waals surface area (Å²) in [6.45, 7) is 0. The quantitative estimate of drug-likeness (QED) is 0.274. The summed E-state index contributed by atoms with van der Waals surface area (Å²) in [5.41, 5.74) is 9.46. The number of hydrogen-bond acceptors (Lipinski definition) is 2. The Morgan fingerprint density at radius 2 is 1.55 bits per heavy atom. The van der Waals surface area contributed by atoms with E-state index in [1.807, 2.05) is 29.5 Å². The molecule has 0 aliphatic heterocycles. The van der Waals surface area contributed by atoms with Crippen molar-refractivity contribution in [1.82, 2.24) is 4.98 Å². The number of fused-ring (bicyclic) bond motifs is 1. The fourth-order valence-electron chi connectivity index (χ4n) is 4.50. The lowest BCUT2D eigenvalue weighted by Gasteiger charge is -2.12. The highest BCUT2D eigenvalue weighted by atomic mass is 32.1. The van der Waals surface area contributed by atoms with Crippen LogP contribution in [0.2, 0.25) is 0 Å². The average molecular weight is 440 g/mol. The number of nitrogens with zero attached hydrogens (tertiary/aromatic N) is 1. The Balaban J connectivity index is 1.53. The molecule has 0 unspecified atom stereocenters. The van der Waals surface area contributed by atoms with E-state index in [1.165, 1.54) is 32.0 Å². The van der Waals surface area contributed by atoms with Gasteiger partial charge in [0.1, 0.15) is 0 Å². The van der Waals surface area contributed by atoms with Crippen LogP contribution in [0.3, 0.4) is 0 Å². The second-order valence-corrected chi connectivity index (χ2v) is 9.14. The first-order chi connectivity index (χ1) is 16.4. The maximum absolute atomic E-state index is 5.07. The highest BCUT2D eigenvalue weighted by molar-refractivity contribution is 7.19. The van der Waals surface area contributed by atoms with Crippen LogP contribution in [0.5, 0.6) is 0 Å². The first kappa shape index (κ1) is 19.7. The van der Waals surface area contributed by atoms with Crippen molar-refractivity contribution in [3.63, 3.8) is 0 Å². The Morgan fingerprint density at radius 3 is 2.39 bits per heavy atom. The first-order valence-electron chi connectivity index (χ1n) is 11.2. The minimum Gasteiger partial charge on any atom is -0.247 e. The molecule has 0 spiro atoms. The van der Waals surface area contributed by atoms with Crippen LogP contribution in [-0.2, 0) is 6.42 Å². The summed E-state index contributed by atoms with van der Waals surface area (Å²) in [4.78, 5) is 7.65. The number of pyridine rings is 1. The van der Waals surface area contributed by atoms with Crippen LogP contribution in [0.15, 0.2) is 97.1 Å². The lowest BCUT2D eigenvalue weighted by Crippen LogP contribution is -1.94. The molecule has 0 radical (unpaired) electrons. The lowest BCUT2D eigenvalue weighted by molar-refractivity contribution is 0.996. The molecule has 0 saturated carbocycles. The zero-order chi connectivity index (χ0) is 22.0. The molecule has 6 rings (SSSR count). The lowest BCUT2D eigenvalue weighted by atomic mass is 9.92. The van der Waals surface area contributed by atoms with Crippen LogP contribution in [0.1, 0.15) is 17.5 Å². The standard InChI is InChI=1S/C31H21NS/c1-3-12-22(13-4-1)24-16-7-8-17-25(24)30-26-18-9-10-19-27(26)31(33-30)29-21-11-20-28(32-29)23-14-5-2-6-15-23/h1-3,5-8,10-12,14-17,19-21H,9,18H2. The number of hydrogen-bond donors (Lipinski definition) is 0. The van der Waals surface area contributed by atoms with Gasteiger partial charge in [-0.05, 0) is 53.8 Å². The van der Waals surface area contributed by atoms with Gasteiger partial charge in [0.25, 0.3) is 0 Å². The van der Waals surface area contributed by atoms with Crippen LogP contribution in [0.4, 0.5) is 0 Å². The zero-order valence-electron chi connectivity index (χ0n) is 18.1. The number of allylic oxidation sites excluding steroid dienone is 1. The van der Waals surface area contributed by atoms with Gasteiger partial charge >= 0.3 is 0 Å². The van der Waals surface area contributed by atoms with Crippen molar-refractivity contribution in [2.45, 2.75) is 12.8 Å². The van der Waals surface area contributed by atoms with Crippen LogP contribution in [-0.4, -0.2) is 4.98 Å².